The van der Waals surface area contributed by atoms with E-state index in [0.29, 0.717) is 12.6 Å². The van der Waals surface area contributed by atoms with E-state index in [-0.39, 0.29) is 5.78 Å². The fraction of sp³-hybridized carbons (Fsp3) is 0.444. The summed E-state index contributed by atoms with van der Waals surface area (Å²) in [6, 6.07) is 2.21. The first-order valence-electron chi connectivity index (χ1n) is 4.10. The van der Waals surface area contributed by atoms with E-state index in [2.05, 4.69) is 21.2 Å². The Labute approximate surface area is 90.5 Å². The minimum absolute atomic E-state index is 0.157. The van der Waals surface area contributed by atoms with Gasteiger partial charge in [0.15, 0.2) is 5.78 Å². The Balaban J connectivity index is 2.49. The SMILES string of the molecule is CC(C)NCC(=O)c1cc(Br)cs1. The van der Waals surface area contributed by atoms with Crippen LogP contribution in [-0.2, 0) is 0 Å². The Hall–Kier alpha value is -0.190. The van der Waals surface area contributed by atoms with Gasteiger partial charge in [-0.25, -0.2) is 0 Å². The van der Waals surface area contributed by atoms with Crippen molar-refractivity contribution in [1.29, 1.82) is 0 Å². The maximum atomic E-state index is 11.5. The molecule has 0 unspecified atom stereocenters. The molecule has 0 saturated heterocycles. The van der Waals surface area contributed by atoms with Crippen LogP contribution in [0.2, 0.25) is 0 Å². The van der Waals surface area contributed by atoms with Gasteiger partial charge in [0.25, 0.3) is 0 Å². The molecule has 0 aliphatic heterocycles. The predicted octanol–water partition coefficient (Wildman–Crippen LogP) is 2.69. The molecule has 0 atom stereocenters. The zero-order valence-electron chi connectivity index (χ0n) is 7.63. The lowest BCUT2D eigenvalue weighted by atomic mass is 10.3. The van der Waals surface area contributed by atoms with Crippen LogP contribution in [0.25, 0.3) is 0 Å². The quantitative estimate of drug-likeness (QED) is 0.845. The van der Waals surface area contributed by atoms with Crippen LogP contribution in [0.15, 0.2) is 15.9 Å². The van der Waals surface area contributed by atoms with Crippen LogP contribution in [-0.4, -0.2) is 18.4 Å². The molecule has 0 spiro atoms. The van der Waals surface area contributed by atoms with Crippen molar-refractivity contribution < 1.29 is 4.79 Å². The molecule has 1 heterocycles. The summed E-state index contributed by atoms with van der Waals surface area (Å²) in [7, 11) is 0. The van der Waals surface area contributed by atoms with E-state index in [4.69, 9.17) is 0 Å². The Morgan fingerprint density at radius 1 is 1.69 bits per heavy atom. The van der Waals surface area contributed by atoms with Crippen LogP contribution in [0.5, 0.6) is 0 Å². The number of carbonyl (C=O) groups excluding carboxylic acids is 1. The van der Waals surface area contributed by atoms with Crippen molar-refractivity contribution in [2.45, 2.75) is 19.9 Å². The standard InChI is InChI=1S/C9H12BrNOS/c1-6(2)11-4-8(12)9-3-7(10)5-13-9/h3,5-6,11H,4H2,1-2H3. The lowest BCUT2D eigenvalue weighted by molar-refractivity contribution is 0.0992. The summed E-state index contributed by atoms with van der Waals surface area (Å²) in [5.41, 5.74) is 0. The van der Waals surface area contributed by atoms with Crippen LogP contribution < -0.4 is 5.32 Å². The molecule has 1 aromatic heterocycles. The summed E-state index contributed by atoms with van der Waals surface area (Å²) in [6.07, 6.45) is 0. The van der Waals surface area contributed by atoms with E-state index in [1.54, 1.807) is 0 Å². The molecular weight excluding hydrogens is 250 g/mol. The summed E-state index contributed by atoms with van der Waals surface area (Å²) >= 11 is 4.79. The minimum Gasteiger partial charge on any atom is -0.307 e. The van der Waals surface area contributed by atoms with Gasteiger partial charge in [0, 0.05) is 15.9 Å². The minimum atomic E-state index is 0.157. The molecule has 4 heteroatoms. The molecule has 0 amide bonds. The van der Waals surface area contributed by atoms with E-state index < -0.39 is 0 Å². The maximum Gasteiger partial charge on any atom is 0.186 e. The van der Waals surface area contributed by atoms with Crippen molar-refractivity contribution in [3.05, 3.63) is 20.8 Å². The summed E-state index contributed by atoms with van der Waals surface area (Å²) in [4.78, 5) is 12.3. The highest BCUT2D eigenvalue weighted by molar-refractivity contribution is 9.10. The molecule has 13 heavy (non-hydrogen) atoms. The predicted molar refractivity (Wildman–Crippen MR) is 59.5 cm³/mol. The smallest absolute Gasteiger partial charge is 0.186 e. The first-order valence-corrected chi connectivity index (χ1v) is 5.77. The Morgan fingerprint density at radius 3 is 2.85 bits per heavy atom. The van der Waals surface area contributed by atoms with E-state index in [0.717, 1.165) is 9.35 Å². The maximum absolute atomic E-state index is 11.5. The third kappa shape index (κ3) is 3.58. The molecule has 1 aromatic rings. The second-order valence-electron chi connectivity index (χ2n) is 3.09. The Kier molecular flexibility index (Phi) is 4.09. The summed E-state index contributed by atoms with van der Waals surface area (Å²) in [5.74, 6) is 0.157. The van der Waals surface area contributed by atoms with E-state index in [1.165, 1.54) is 11.3 Å². The average molecular weight is 262 g/mol. The Bertz CT molecular complexity index is 296. The first kappa shape index (κ1) is 10.9. The number of ketones is 1. The van der Waals surface area contributed by atoms with Crippen LogP contribution in [0, 0.1) is 0 Å². The number of thiophene rings is 1. The van der Waals surface area contributed by atoms with Gasteiger partial charge < -0.3 is 5.32 Å². The number of halogens is 1. The van der Waals surface area contributed by atoms with Gasteiger partial charge in [0.05, 0.1) is 11.4 Å². The molecule has 2 nitrogen and oxygen atoms in total. The van der Waals surface area contributed by atoms with Crippen molar-refractivity contribution in [1.82, 2.24) is 5.32 Å². The topological polar surface area (TPSA) is 29.1 Å². The highest BCUT2D eigenvalue weighted by Crippen LogP contribution is 2.19. The van der Waals surface area contributed by atoms with E-state index in [9.17, 15) is 4.79 Å². The number of Topliss-reactive ketones (excluding diaryl/α,β-unsaturated/α-hetero) is 1. The van der Waals surface area contributed by atoms with Crippen LogP contribution in [0.1, 0.15) is 23.5 Å². The van der Waals surface area contributed by atoms with Crippen molar-refractivity contribution in [3.8, 4) is 0 Å². The van der Waals surface area contributed by atoms with Gasteiger partial charge in [-0.3, -0.25) is 4.79 Å². The average Bonchev–Trinajstić information content (AvgIpc) is 2.47. The largest absolute Gasteiger partial charge is 0.307 e. The number of rotatable bonds is 4. The van der Waals surface area contributed by atoms with Gasteiger partial charge in [-0.05, 0) is 22.0 Å². The zero-order valence-corrected chi connectivity index (χ0v) is 10.0. The fourth-order valence-corrected chi connectivity index (χ4v) is 2.21. The third-order valence-corrected chi connectivity index (χ3v) is 3.25. The number of hydrogen-bond donors (Lipinski definition) is 1. The van der Waals surface area contributed by atoms with Gasteiger partial charge in [-0.15, -0.1) is 11.3 Å². The van der Waals surface area contributed by atoms with Crippen LogP contribution in [0.3, 0.4) is 0 Å². The zero-order chi connectivity index (χ0) is 9.84. The molecule has 1 rings (SSSR count). The monoisotopic (exact) mass is 261 g/mol. The van der Waals surface area contributed by atoms with E-state index >= 15 is 0 Å². The number of nitrogens with one attached hydrogen (secondary N) is 1. The third-order valence-electron chi connectivity index (χ3n) is 1.51. The lowest BCUT2D eigenvalue weighted by Crippen LogP contribution is -2.28. The molecule has 0 aliphatic rings. The van der Waals surface area contributed by atoms with E-state index in [1.807, 2.05) is 25.3 Å². The van der Waals surface area contributed by atoms with Gasteiger partial charge in [-0.1, -0.05) is 13.8 Å². The highest BCUT2D eigenvalue weighted by atomic mass is 79.9. The highest BCUT2D eigenvalue weighted by Gasteiger charge is 2.08. The van der Waals surface area contributed by atoms with Gasteiger partial charge in [0.1, 0.15) is 0 Å². The normalized spacial score (nSPS) is 10.8. The molecule has 0 saturated carbocycles. The summed E-state index contributed by atoms with van der Waals surface area (Å²) in [6.45, 7) is 4.47. The lowest BCUT2D eigenvalue weighted by Gasteiger charge is -2.05. The second kappa shape index (κ2) is 4.88. The summed E-state index contributed by atoms with van der Waals surface area (Å²) < 4.78 is 0.977. The molecule has 72 valence electrons. The van der Waals surface area contributed by atoms with Crippen molar-refractivity contribution in [2.75, 3.05) is 6.54 Å². The summed E-state index contributed by atoms with van der Waals surface area (Å²) in [5, 5.41) is 5.01. The molecule has 0 aromatic carbocycles. The van der Waals surface area contributed by atoms with Crippen molar-refractivity contribution in [2.24, 2.45) is 0 Å². The van der Waals surface area contributed by atoms with Gasteiger partial charge in [-0.2, -0.15) is 0 Å². The molecule has 0 fully saturated rings. The first-order chi connectivity index (χ1) is 6.09. The van der Waals surface area contributed by atoms with Gasteiger partial charge in [0.2, 0.25) is 0 Å². The molecular formula is C9H12BrNOS. The number of hydrogen-bond acceptors (Lipinski definition) is 3. The van der Waals surface area contributed by atoms with Gasteiger partial charge >= 0.3 is 0 Å². The van der Waals surface area contributed by atoms with Crippen LogP contribution in [0.4, 0.5) is 0 Å². The second-order valence-corrected chi connectivity index (χ2v) is 4.91. The van der Waals surface area contributed by atoms with Crippen LogP contribution >= 0.6 is 27.3 Å². The van der Waals surface area contributed by atoms with Crippen molar-refractivity contribution in [3.63, 3.8) is 0 Å². The molecule has 0 radical (unpaired) electrons. The number of carbonyl (C=O) groups is 1. The molecule has 1 N–H and O–H groups in total. The molecule has 0 bridgehead atoms. The molecule has 0 aliphatic carbocycles. The Morgan fingerprint density at radius 2 is 2.38 bits per heavy atom. The van der Waals surface area contributed by atoms with Crippen molar-refractivity contribution >= 4 is 33.0 Å². The fourth-order valence-electron chi connectivity index (χ4n) is 0.843.